The zero-order chi connectivity index (χ0) is 13.6. The number of hydrogen-bond acceptors (Lipinski definition) is 4. The van der Waals surface area contributed by atoms with E-state index < -0.39 is 0 Å². The Labute approximate surface area is 108 Å². The number of hydrogen-bond donors (Lipinski definition) is 3. The summed E-state index contributed by atoms with van der Waals surface area (Å²) in [6, 6.07) is 0. The molecule has 0 aromatic carbocycles. The third-order valence-electron chi connectivity index (χ3n) is 2.64. The van der Waals surface area contributed by atoms with Gasteiger partial charge >= 0.3 is 0 Å². The van der Waals surface area contributed by atoms with E-state index in [0.717, 1.165) is 12.2 Å². The highest BCUT2D eigenvalue weighted by molar-refractivity contribution is 5.78. The lowest BCUT2D eigenvalue weighted by Gasteiger charge is -2.24. The lowest BCUT2D eigenvalue weighted by atomic mass is 9.84. The van der Waals surface area contributed by atoms with Gasteiger partial charge in [-0.2, -0.15) is 5.10 Å². The number of carbonyl (C=O) groups excluding carboxylic acids is 1. The van der Waals surface area contributed by atoms with Crippen LogP contribution in [-0.4, -0.2) is 34.2 Å². The van der Waals surface area contributed by atoms with Crippen molar-refractivity contribution in [3.8, 4) is 0 Å². The number of aromatic amines is 1. The Morgan fingerprint density at radius 3 is 2.78 bits per heavy atom. The van der Waals surface area contributed by atoms with Crippen LogP contribution in [0.1, 0.15) is 33.0 Å². The summed E-state index contributed by atoms with van der Waals surface area (Å²) < 4.78 is 0. The van der Waals surface area contributed by atoms with E-state index in [2.05, 4.69) is 41.3 Å². The highest BCUT2D eigenvalue weighted by atomic mass is 16.1. The number of H-pyrrole nitrogens is 1. The number of aromatic nitrogens is 3. The first-order valence-electron chi connectivity index (χ1n) is 6.24. The van der Waals surface area contributed by atoms with Crippen LogP contribution in [0, 0.1) is 11.3 Å². The Bertz CT molecular complexity index is 355. The highest BCUT2D eigenvalue weighted by Crippen LogP contribution is 2.23. The number of nitrogens with two attached hydrogens (primary N) is 1. The Hall–Kier alpha value is -1.43. The predicted octanol–water partition coefficient (Wildman–Crippen LogP) is 0.475. The van der Waals surface area contributed by atoms with Crippen molar-refractivity contribution in [2.45, 2.75) is 33.6 Å². The smallest absolute Gasteiger partial charge is 0.224 e. The molecule has 6 heteroatoms. The van der Waals surface area contributed by atoms with Gasteiger partial charge in [-0.3, -0.25) is 9.89 Å². The number of rotatable bonds is 6. The molecule has 0 radical (unpaired) electrons. The summed E-state index contributed by atoms with van der Waals surface area (Å²) in [5, 5.41) is 9.39. The van der Waals surface area contributed by atoms with Gasteiger partial charge in [0.2, 0.25) is 5.91 Å². The van der Waals surface area contributed by atoms with Crippen molar-refractivity contribution in [2.75, 3.05) is 13.1 Å². The third kappa shape index (κ3) is 5.27. The van der Waals surface area contributed by atoms with Crippen LogP contribution in [0.4, 0.5) is 0 Å². The van der Waals surface area contributed by atoms with Crippen LogP contribution in [0.25, 0.3) is 0 Å². The van der Waals surface area contributed by atoms with E-state index in [1.165, 1.54) is 6.33 Å². The maximum Gasteiger partial charge on any atom is 0.224 e. The van der Waals surface area contributed by atoms with Crippen LogP contribution < -0.4 is 11.1 Å². The molecule has 0 saturated carbocycles. The summed E-state index contributed by atoms with van der Waals surface area (Å²) in [7, 11) is 0. The highest BCUT2D eigenvalue weighted by Gasteiger charge is 2.23. The molecule has 1 heterocycles. The molecule has 1 aromatic heterocycles. The van der Waals surface area contributed by atoms with Crippen molar-refractivity contribution in [1.82, 2.24) is 20.5 Å². The van der Waals surface area contributed by atoms with E-state index in [-0.39, 0.29) is 17.2 Å². The first kappa shape index (κ1) is 14.6. The van der Waals surface area contributed by atoms with Gasteiger partial charge in [0.25, 0.3) is 0 Å². The molecule has 0 aliphatic heterocycles. The molecule has 0 spiro atoms. The van der Waals surface area contributed by atoms with Gasteiger partial charge in [-0.25, -0.2) is 4.98 Å². The van der Waals surface area contributed by atoms with Gasteiger partial charge < -0.3 is 11.1 Å². The van der Waals surface area contributed by atoms with E-state index in [0.29, 0.717) is 19.5 Å². The fourth-order valence-electron chi connectivity index (χ4n) is 1.82. The molecule has 0 aliphatic rings. The summed E-state index contributed by atoms with van der Waals surface area (Å²) in [5.41, 5.74) is 5.76. The molecular weight excluding hydrogens is 230 g/mol. The van der Waals surface area contributed by atoms with Gasteiger partial charge in [0.15, 0.2) is 0 Å². The summed E-state index contributed by atoms with van der Waals surface area (Å²) in [6.45, 7) is 7.26. The van der Waals surface area contributed by atoms with Crippen molar-refractivity contribution in [2.24, 2.45) is 17.1 Å². The van der Waals surface area contributed by atoms with Crippen molar-refractivity contribution < 1.29 is 4.79 Å². The summed E-state index contributed by atoms with van der Waals surface area (Å²) in [6.07, 6.45) is 2.90. The van der Waals surface area contributed by atoms with Crippen LogP contribution in [0.5, 0.6) is 0 Å². The van der Waals surface area contributed by atoms with E-state index >= 15 is 0 Å². The van der Waals surface area contributed by atoms with Crippen LogP contribution in [0.3, 0.4) is 0 Å². The first-order valence-corrected chi connectivity index (χ1v) is 6.24. The molecule has 6 nitrogen and oxygen atoms in total. The normalized spacial score (nSPS) is 13.3. The molecule has 1 unspecified atom stereocenters. The molecule has 0 bridgehead atoms. The summed E-state index contributed by atoms with van der Waals surface area (Å²) in [4.78, 5) is 15.9. The third-order valence-corrected chi connectivity index (χ3v) is 2.64. The largest absolute Gasteiger partial charge is 0.355 e. The van der Waals surface area contributed by atoms with Crippen molar-refractivity contribution in [3.05, 3.63) is 12.2 Å². The fraction of sp³-hybridized carbons (Fsp3) is 0.750. The quantitative estimate of drug-likeness (QED) is 0.686. The second-order valence-electron chi connectivity index (χ2n) is 5.67. The monoisotopic (exact) mass is 253 g/mol. The lowest BCUT2D eigenvalue weighted by molar-refractivity contribution is -0.125. The van der Waals surface area contributed by atoms with Gasteiger partial charge in [0.05, 0.1) is 5.92 Å². The lowest BCUT2D eigenvalue weighted by Crippen LogP contribution is -2.38. The molecule has 1 atom stereocenters. The Balaban J connectivity index is 2.33. The molecular formula is C12H23N5O. The van der Waals surface area contributed by atoms with Crippen LogP contribution >= 0.6 is 0 Å². The number of carbonyl (C=O) groups is 1. The zero-order valence-corrected chi connectivity index (χ0v) is 11.4. The molecule has 0 fully saturated rings. The molecule has 1 aromatic rings. The van der Waals surface area contributed by atoms with Gasteiger partial charge in [0, 0.05) is 19.5 Å². The second-order valence-corrected chi connectivity index (χ2v) is 5.67. The van der Waals surface area contributed by atoms with Gasteiger partial charge in [-0.1, -0.05) is 20.8 Å². The molecule has 1 amide bonds. The molecule has 4 N–H and O–H groups in total. The van der Waals surface area contributed by atoms with E-state index in [9.17, 15) is 4.79 Å². The molecule has 102 valence electrons. The summed E-state index contributed by atoms with van der Waals surface area (Å²) >= 11 is 0. The topological polar surface area (TPSA) is 96.7 Å². The van der Waals surface area contributed by atoms with Crippen molar-refractivity contribution in [3.63, 3.8) is 0 Å². The molecule has 0 aliphatic carbocycles. The maximum atomic E-state index is 11.9. The molecule has 18 heavy (non-hydrogen) atoms. The minimum atomic E-state index is -0.125. The molecule has 0 saturated heterocycles. The Morgan fingerprint density at radius 2 is 2.28 bits per heavy atom. The Morgan fingerprint density at radius 1 is 1.56 bits per heavy atom. The minimum Gasteiger partial charge on any atom is -0.355 e. The van der Waals surface area contributed by atoms with Crippen molar-refractivity contribution in [1.29, 1.82) is 0 Å². The maximum absolute atomic E-state index is 11.9. The molecule has 1 rings (SSSR count). The average molecular weight is 253 g/mol. The van der Waals surface area contributed by atoms with Crippen molar-refractivity contribution >= 4 is 5.91 Å². The predicted molar refractivity (Wildman–Crippen MR) is 69.7 cm³/mol. The number of nitrogens with zero attached hydrogens (tertiary/aromatic N) is 2. The van der Waals surface area contributed by atoms with Crippen LogP contribution in [-0.2, 0) is 11.2 Å². The van der Waals surface area contributed by atoms with Crippen LogP contribution in [0.2, 0.25) is 0 Å². The number of nitrogens with one attached hydrogen (secondary N) is 2. The SMILES string of the molecule is CC(C)(C)CC(CN)C(=O)NCCc1ncn[nH]1. The zero-order valence-electron chi connectivity index (χ0n) is 11.4. The minimum absolute atomic E-state index is 0.0203. The average Bonchev–Trinajstić information content (AvgIpc) is 2.77. The van der Waals surface area contributed by atoms with Gasteiger partial charge in [0.1, 0.15) is 12.2 Å². The van der Waals surface area contributed by atoms with E-state index in [1.807, 2.05) is 0 Å². The summed E-state index contributed by atoms with van der Waals surface area (Å²) in [5.74, 6) is 0.669. The van der Waals surface area contributed by atoms with E-state index in [4.69, 9.17) is 5.73 Å². The van der Waals surface area contributed by atoms with Gasteiger partial charge in [-0.05, 0) is 11.8 Å². The van der Waals surface area contributed by atoms with Gasteiger partial charge in [-0.15, -0.1) is 0 Å². The Kier molecular flexibility index (Phi) is 5.27. The number of amides is 1. The van der Waals surface area contributed by atoms with Crippen LogP contribution in [0.15, 0.2) is 6.33 Å². The van der Waals surface area contributed by atoms with E-state index in [1.54, 1.807) is 0 Å². The second kappa shape index (κ2) is 6.49. The standard InChI is InChI=1S/C12H23N5O/c1-12(2,3)6-9(7-13)11(18)14-5-4-10-15-8-16-17-10/h8-9H,4-7,13H2,1-3H3,(H,14,18)(H,15,16,17). The fourth-order valence-corrected chi connectivity index (χ4v) is 1.82. The first-order chi connectivity index (χ1) is 8.42.